The van der Waals surface area contributed by atoms with Crippen LogP contribution in [0.4, 0.5) is 0 Å². The van der Waals surface area contributed by atoms with Crippen molar-refractivity contribution in [2.45, 2.75) is 195 Å². The molecule has 0 fully saturated rings. The Labute approximate surface area is 206 Å². The third-order valence-corrected chi connectivity index (χ3v) is 7.74. The van der Waals surface area contributed by atoms with Gasteiger partial charge in [0.05, 0.1) is 0 Å². The van der Waals surface area contributed by atoms with E-state index in [9.17, 15) is 0 Å². The van der Waals surface area contributed by atoms with Gasteiger partial charge in [0.1, 0.15) is 0 Å². The van der Waals surface area contributed by atoms with E-state index in [0.717, 1.165) is 11.8 Å². The van der Waals surface area contributed by atoms with Crippen LogP contribution in [-0.4, -0.2) is 0 Å². The summed E-state index contributed by atoms with van der Waals surface area (Å²) in [5.41, 5.74) is 0. The minimum absolute atomic E-state index is 0.963. The van der Waals surface area contributed by atoms with Gasteiger partial charge < -0.3 is 0 Å². The molecule has 0 spiro atoms. The highest BCUT2D eigenvalue weighted by molar-refractivity contribution is 4.58. The third-order valence-electron chi connectivity index (χ3n) is 7.74. The summed E-state index contributed by atoms with van der Waals surface area (Å²) >= 11 is 0. The predicted molar refractivity (Wildman–Crippen MR) is 150 cm³/mol. The first kappa shape index (κ1) is 32.0. The first-order valence-electron chi connectivity index (χ1n) is 15.7. The van der Waals surface area contributed by atoms with Crippen molar-refractivity contribution in [3.05, 3.63) is 0 Å². The predicted octanol–water partition coefficient (Wildman–Crippen LogP) is 12.4. The summed E-state index contributed by atoms with van der Waals surface area (Å²) in [5, 5.41) is 0. The van der Waals surface area contributed by atoms with Crippen LogP contribution in [0.1, 0.15) is 195 Å². The zero-order valence-corrected chi connectivity index (χ0v) is 23.5. The lowest BCUT2D eigenvalue weighted by Crippen LogP contribution is -1.97. The topological polar surface area (TPSA) is 0 Å². The van der Waals surface area contributed by atoms with E-state index in [-0.39, 0.29) is 0 Å². The zero-order chi connectivity index (χ0) is 23.5. The van der Waals surface area contributed by atoms with Crippen LogP contribution in [0.5, 0.6) is 0 Å². The molecule has 0 radical (unpaired) electrons. The molecule has 0 heteroatoms. The van der Waals surface area contributed by atoms with Gasteiger partial charge in [0.25, 0.3) is 0 Å². The van der Waals surface area contributed by atoms with Crippen molar-refractivity contribution < 1.29 is 0 Å². The zero-order valence-electron chi connectivity index (χ0n) is 23.5. The van der Waals surface area contributed by atoms with Gasteiger partial charge in [0.15, 0.2) is 0 Å². The SMILES string of the molecule is CCCCCCCCCCCCC(C)CCCCCCC(C)CCCCCCCCCC. The van der Waals surface area contributed by atoms with Crippen molar-refractivity contribution in [3.8, 4) is 0 Å². The van der Waals surface area contributed by atoms with Crippen molar-refractivity contribution in [2.75, 3.05) is 0 Å². The molecule has 32 heavy (non-hydrogen) atoms. The molecule has 0 heterocycles. The van der Waals surface area contributed by atoms with Crippen molar-refractivity contribution in [1.82, 2.24) is 0 Å². The quantitative estimate of drug-likeness (QED) is 0.109. The molecule has 0 nitrogen and oxygen atoms in total. The number of rotatable bonds is 27. The Balaban J connectivity index is 3.25. The Hall–Kier alpha value is 0. The minimum Gasteiger partial charge on any atom is -0.0654 e. The van der Waals surface area contributed by atoms with Crippen molar-refractivity contribution >= 4 is 0 Å². The maximum absolute atomic E-state index is 2.50. The molecule has 0 saturated heterocycles. The average Bonchev–Trinajstić information content (AvgIpc) is 2.79. The van der Waals surface area contributed by atoms with Gasteiger partial charge in [0.2, 0.25) is 0 Å². The minimum atomic E-state index is 0.963. The molecule has 0 aromatic carbocycles. The van der Waals surface area contributed by atoms with E-state index in [1.54, 1.807) is 0 Å². The summed E-state index contributed by atoms with van der Waals surface area (Å²) in [6, 6.07) is 0. The highest BCUT2D eigenvalue weighted by Crippen LogP contribution is 2.21. The van der Waals surface area contributed by atoms with Crippen LogP contribution in [0.25, 0.3) is 0 Å². The fraction of sp³-hybridized carbons (Fsp3) is 1.00. The summed E-state index contributed by atoms with van der Waals surface area (Å²) in [6.07, 6.45) is 38.1. The monoisotopic (exact) mass is 451 g/mol. The molecular formula is C32H66. The van der Waals surface area contributed by atoms with Crippen LogP contribution in [0.3, 0.4) is 0 Å². The normalized spacial score (nSPS) is 13.5. The van der Waals surface area contributed by atoms with Crippen LogP contribution < -0.4 is 0 Å². The fourth-order valence-electron chi connectivity index (χ4n) is 5.23. The molecule has 0 rings (SSSR count). The van der Waals surface area contributed by atoms with E-state index in [0.29, 0.717) is 0 Å². The van der Waals surface area contributed by atoms with Gasteiger partial charge in [-0.05, 0) is 11.8 Å². The van der Waals surface area contributed by atoms with E-state index in [1.807, 2.05) is 0 Å². The lowest BCUT2D eigenvalue weighted by atomic mass is 9.94. The van der Waals surface area contributed by atoms with Gasteiger partial charge in [-0.3, -0.25) is 0 Å². The number of hydrogen-bond acceptors (Lipinski definition) is 0. The first-order chi connectivity index (χ1) is 15.7. The van der Waals surface area contributed by atoms with Crippen molar-refractivity contribution in [1.29, 1.82) is 0 Å². The lowest BCUT2D eigenvalue weighted by Gasteiger charge is -2.12. The summed E-state index contributed by atoms with van der Waals surface area (Å²) in [7, 11) is 0. The van der Waals surface area contributed by atoms with Crippen LogP contribution in [0, 0.1) is 11.8 Å². The van der Waals surface area contributed by atoms with Gasteiger partial charge in [-0.25, -0.2) is 0 Å². The van der Waals surface area contributed by atoms with E-state index in [1.165, 1.54) is 167 Å². The van der Waals surface area contributed by atoms with Crippen molar-refractivity contribution in [2.24, 2.45) is 11.8 Å². The summed E-state index contributed by atoms with van der Waals surface area (Å²) in [4.78, 5) is 0. The van der Waals surface area contributed by atoms with Gasteiger partial charge in [0, 0.05) is 0 Å². The van der Waals surface area contributed by atoms with Crippen LogP contribution in [0.15, 0.2) is 0 Å². The summed E-state index contributed by atoms with van der Waals surface area (Å²) in [5.74, 6) is 1.93. The molecule has 0 saturated carbocycles. The van der Waals surface area contributed by atoms with Gasteiger partial charge in [-0.1, -0.05) is 195 Å². The Morgan fingerprint density at radius 3 is 0.688 bits per heavy atom. The molecule has 2 atom stereocenters. The molecule has 0 aliphatic rings. The second kappa shape index (κ2) is 27.2. The van der Waals surface area contributed by atoms with E-state index in [4.69, 9.17) is 0 Å². The Morgan fingerprint density at radius 2 is 0.469 bits per heavy atom. The molecule has 0 aliphatic heterocycles. The molecule has 0 aromatic rings. The number of unbranched alkanes of at least 4 members (excludes halogenated alkanes) is 19. The van der Waals surface area contributed by atoms with E-state index < -0.39 is 0 Å². The van der Waals surface area contributed by atoms with E-state index >= 15 is 0 Å². The lowest BCUT2D eigenvalue weighted by molar-refractivity contribution is 0.412. The largest absolute Gasteiger partial charge is 0.0654 e. The molecule has 0 aliphatic carbocycles. The van der Waals surface area contributed by atoms with Crippen molar-refractivity contribution in [3.63, 3.8) is 0 Å². The standard InChI is InChI=1S/C32H66/c1-5-7-9-11-13-15-16-18-20-24-28-32(4)30-26-22-21-25-29-31(3)27-23-19-17-14-12-10-8-6-2/h31-32H,5-30H2,1-4H3. The Bertz CT molecular complexity index is 320. The number of hydrogen-bond donors (Lipinski definition) is 0. The molecule has 0 amide bonds. The first-order valence-corrected chi connectivity index (χ1v) is 15.7. The summed E-state index contributed by atoms with van der Waals surface area (Å²) in [6.45, 7) is 9.61. The molecular weight excluding hydrogens is 384 g/mol. The van der Waals surface area contributed by atoms with Crippen LogP contribution in [0.2, 0.25) is 0 Å². The van der Waals surface area contributed by atoms with Crippen LogP contribution >= 0.6 is 0 Å². The highest BCUT2D eigenvalue weighted by atomic mass is 14.1. The molecule has 0 aromatic heterocycles. The fourth-order valence-corrected chi connectivity index (χ4v) is 5.23. The van der Waals surface area contributed by atoms with E-state index in [2.05, 4.69) is 27.7 Å². The molecule has 0 N–H and O–H groups in total. The van der Waals surface area contributed by atoms with Gasteiger partial charge in [-0.15, -0.1) is 0 Å². The second-order valence-electron chi connectivity index (χ2n) is 11.4. The third kappa shape index (κ3) is 26.3. The molecule has 0 bridgehead atoms. The average molecular weight is 451 g/mol. The molecule has 194 valence electrons. The second-order valence-corrected chi connectivity index (χ2v) is 11.4. The van der Waals surface area contributed by atoms with Gasteiger partial charge >= 0.3 is 0 Å². The van der Waals surface area contributed by atoms with Gasteiger partial charge in [-0.2, -0.15) is 0 Å². The smallest absolute Gasteiger partial charge is 0.0443 e. The molecule has 2 unspecified atom stereocenters. The Kier molecular flexibility index (Phi) is 27.2. The Morgan fingerprint density at radius 1 is 0.281 bits per heavy atom. The highest BCUT2D eigenvalue weighted by Gasteiger charge is 2.04. The maximum atomic E-state index is 2.50. The summed E-state index contributed by atoms with van der Waals surface area (Å²) < 4.78 is 0. The maximum Gasteiger partial charge on any atom is -0.0443 e. The van der Waals surface area contributed by atoms with Crippen LogP contribution in [-0.2, 0) is 0 Å².